The van der Waals surface area contributed by atoms with Crippen LogP contribution in [0.4, 0.5) is 0 Å². The summed E-state index contributed by atoms with van der Waals surface area (Å²) >= 11 is 0. The Labute approximate surface area is 109 Å². The molecule has 2 N–H and O–H groups in total. The van der Waals surface area contributed by atoms with Gasteiger partial charge >= 0.3 is 0 Å². The molecule has 0 amide bonds. The van der Waals surface area contributed by atoms with Crippen molar-refractivity contribution >= 4 is 0 Å². The molecule has 0 spiro atoms. The lowest BCUT2D eigenvalue weighted by molar-refractivity contribution is 0.101. The van der Waals surface area contributed by atoms with Crippen LogP contribution in [0.1, 0.15) is 24.2 Å². The monoisotopic (exact) mass is 253 g/mol. The van der Waals surface area contributed by atoms with Crippen molar-refractivity contribution in [1.82, 2.24) is 4.90 Å². The average molecular weight is 253 g/mol. The molecule has 0 radical (unpaired) electrons. The fraction of sp³-hybridized carbons (Fsp3) is 0.571. The van der Waals surface area contributed by atoms with Crippen LogP contribution in [0.5, 0.6) is 5.75 Å². The number of hydrogen-bond acceptors (Lipinski definition) is 4. The van der Waals surface area contributed by atoms with E-state index in [-0.39, 0.29) is 6.61 Å². The van der Waals surface area contributed by atoms with Gasteiger partial charge in [-0.05, 0) is 25.6 Å². The molecular formula is C14H23NO3. The highest BCUT2D eigenvalue weighted by Crippen LogP contribution is 2.26. The Bertz CT molecular complexity index is 368. The summed E-state index contributed by atoms with van der Waals surface area (Å²) in [5, 5.41) is 19.2. The lowest BCUT2D eigenvalue weighted by Gasteiger charge is -2.24. The van der Waals surface area contributed by atoms with E-state index in [1.165, 1.54) is 0 Å². The van der Waals surface area contributed by atoms with E-state index in [0.717, 1.165) is 17.7 Å². The third-order valence-corrected chi connectivity index (χ3v) is 3.04. The molecule has 4 heteroatoms. The zero-order chi connectivity index (χ0) is 13.5. The second-order valence-electron chi connectivity index (χ2n) is 4.38. The minimum absolute atomic E-state index is 0.103. The molecule has 0 saturated heterocycles. The summed E-state index contributed by atoms with van der Waals surface area (Å²) in [6.45, 7) is 5.96. The molecule has 0 bridgehead atoms. The van der Waals surface area contributed by atoms with Crippen LogP contribution in [0.2, 0.25) is 0 Å². The minimum atomic E-state index is -0.605. The quantitative estimate of drug-likeness (QED) is 0.770. The summed E-state index contributed by atoms with van der Waals surface area (Å²) < 4.78 is 5.27. The van der Waals surface area contributed by atoms with Gasteiger partial charge in [-0.3, -0.25) is 4.90 Å². The van der Waals surface area contributed by atoms with E-state index in [4.69, 9.17) is 9.84 Å². The van der Waals surface area contributed by atoms with E-state index in [1.807, 2.05) is 36.9 Å². The summed E-state index contributed by atoms with van der Waals surface area (Å²) in [7, 11) is 1.60. The summed E-state index contributed by atoms with van der Waals surface area (Å²) in [6, 6.07) is 5.77. The van der Waals surface area contributed by atoms with Crippen molar-refractivity contribution in [1.29, 1.82) is 0 Å². The van der Waals surface area contributed by atoms with Crippen molar-refractivity contribution in [3.05, 3.63) is 29.3 Å². The number of ether oxygens (including phenoxy) is 1. The zero-order valence-corrected chi connectivity index (χ0v) is 11.4. The molecule has 0 aliphatic carbocycles. The van der Waals surface area contributed by atoms with Gasteiger partial charge in [0.15, 0.2) is 0 Å². The van der Waals surface area contributed by atoms with Crippen LogP contribution in [0.3, 0.4) is 0 Å². The van der Waals surface area contributed by atoms with Crippen molar-refractivity contribution < 1.29 is 14.9 Å². The molecule has 1 atom stereocenters. The van der Waals surface area contributed by atoms with Crippen LogP contribution in [-0.4, -0.2) is 48.5 Å². The molecule has 102 valence electrons. The van der Waals surface area contributed by atoms with Gasteiger partial charge in [-0.15, -0.1) is 0 Å². The molecule has 0 saturated carbocycles. The average Bonchev–Trinajstić information content (AvgIpc) is 2.38. The first-order chi connectivity index (χ1) is 8.62. The van der Waals surface area contributed by atoms with Gasteiger partial charge in [-0.25, -0.2) is 0 Å². The summed E-state index contributed by atoms with van der Waals surface area (Å²) in [5.74, 6) is 0.702. The number of aliphatic hydroxyl groups excluding tert-OH is 2. The normalized spacial score (nSPS) is 12.8. The van der Waals surface area contributed by atoms with Crippen molar-refractivity contribution in [3.8, 4) is 5.75 Å². The summed E-state index contributed by atoms with van der Waals surface area (Å²) in [5.41, 5.74) is 1.89. The Kier molecular flexibility index (Phi) is 6.12. The fourth-order valence-corrected chi connectivity index (χ4v) is 1.98. The maximum absolute atomic E-state index is 10.3. The van der Waals surface area contributed by atoms with Crippen LogP contribution in [0.25, 0.3) is 0 Å². The maximum Gasteiger partial charge on any atom is 0.124 e. The first-order valence-electron chi connectivity index (χ1n) is 6.28. The van der Waals surface area contributed by atoms with Gasteiger partial charge in [0.05, 0.1) is 19.8 Å². The number of aryl methyl sites for hydroxylation is 1. The zero-order valence-electron chi connectivity index (χ0n) is 11.4. The Balaban J connectivity index is 2.81. The molecule has 1 unspecified atom stereocenters. The molecule has 1 aromatic carbocycles. The van der Waals surface area contributed by atoms with Crippen molar-refractivity contribution in [2.24, 2.45) is 0 Å². The van der Waals surface area contributed by atoms with Crippen LogP contribution in [-0.2, 0) is 0 Å². The van der Waals surface area contributed by atoms with Gasteiger partial charge in [-0.1, -0.05) is 18.6 Å². The van der Waals surface area contributed by atoms with Crippen LogP contribution in [0.15, 0.2) is 18.2 Å². The molecule has 0 aliphatic rings. The molecule has 1 aromatic rings. The second-order valence-corrected chi connectivity index (χ2v) is 4.38. The lowest BCUT2D eigenvalue weighted by atomic mass is 10.0. The van der Waals surface area contributed by atoms with E-state index >= 15 is 0 Å². The standard InChI is InChI=1S/C14H23NO3/c1-4-15(7-8-16)10-13(17)12-9-11(2)5-6-14(12)18-3/h5-6,9,13,16-17H,4,7-8,10H2,1-3H3. The van der Waals surface area contributed by atoms with Gasteiger partial charge in [-0.2, -0.15) is 0 Å². The van der Waals surface area contributed by atoms with Gasteiger partial charge < -0.3 is 14.9 Å². The van der Waals surface area contributed by atoms with Crippen LogP contribution < -0.4 is 4.74 Å². The van der Waals surface area contributed by atoms with Crippen molar-refractivity contribution in [2.45, 2.75) is 20.0 Å². The minimum Gasteiger partial charge on any atom is -0.496 e. The SMILES string of the molecule is CCN(CCO)CC(O)c1cc(C)ccc1OC. The third kappa shape index (κ3) is 3.98. The fourth-order valence-electron chi connectivity index (χ4n) is 1.98. The van der Waals surface area contributed by atoms with Gasteiger partial charge in [0.25, 0.3) is 0 Å². The molecular weight excluding hydrogens is 230 g/mol. The number of benzene rings is 1. The van der Waals surface area contributed by atoms with Gasteiger partial charge in [0.2, 0.25) is 0 Å². The largest absolute Gasteiger partial charge is 0.496 e. The van der Waals surface area contributed by atoms with E-state index in [0.29, 0.717) is 18.8 Å². The Morgan fingerprint density at radius 2 is 2.11 bits per heavy atom. The molecule has 18 heavy (non-hydrogen) atoms. The molecule has 4 nitrogen and oxygen atoms in total. The van der Waals surface area contributed by atoms with Crippen molar-refractivity contribution in [3.63, 3.8) is 0 Å². The molecule has 0 aliphatic heterocycles. The number of rotatable bonds is 7. The van der Waals surface area contributed by atoms with E-state index in [1.54, 1.807) is 7.11 Å². The third-order valence-electron chi connectivity index (χ3n) is 3.04. The Morgan fingerprint density at radius 1 is 1.39 bits per heavy atom. The smallest absolute Gasteiger partial charge is 0.124 e. The lowest BCUT2D eigenvalue weighted by Crippen LogP contribution is -2.31. The number of likely N-dealkylation sites (N-methyl/N-ethyl adjacent to an activating group) is 1. The summed E-state index contributed by atoms with van der Waals surface area (Å²) in [6.07, 6.45) is -0.605. The topological polar surface area (TPSA) is 52.9 Å². The second kappa shape index (κ2) is 7.36. The number of aliphatic hydroxyl groups is 2. The first kappa shape index (κ1) is 15.0. The van der Waals surface area contributed by atoms with Gasteiger partial charge in [0, 0.05) is 18.7 Å². The van der Waals surface area contributed by atoms with E-state index in [9.17, 15) is 5.11 Å². The highest BCUT2D eigenvalue weighted by Gasteiger charge is 2.16. The highest BCUT2D eigenvalue weighted by molar-refractivity contribution is 5.38. The maximum atomic E-state index is 10.3. The highest BCUT2D eigenvalue weighted by atomic mass is 16.5. The number of nitrogens with zero attached hydrogens (tertiary/aromatic N) is 1. The predicted octanol–water partition coefficient (Wildman–Crippen LogP) is 1.35. The number of methoxy groups -OCH3 is 1. The van der Waals surface area contributed by atoms with Crippen molar-refractivity contribution in [2.75, 3.05) is 33.4 Å². The Hall–Kier alpha value is -1.10. The molecule has 1 rings (SSSR count). The molecule has 0 heterocycles. The Morgan fingerprint density at radius 3 is 2.67 bits per heavy atom. The predicted molar refractivity (Wildman–Crippen MR) is 71.9 cm³/mol. The number of hydrogen-bond donors (Lipinski definition) is 2. The van der Waals surface area contributed by atoms with Gasteiger partial charge in [0.1, 0.15) is 5.75 Å². The molecule has 0 fully saturated rings. The summed E-state index contributed by atoms with van der Waals surface area (Å²) in [4.78, 5) is 2.01. The van der Waals surface area contributed by atoms with Crippen LogP contribution in [0, 0.1) is 6.92 Å². The first-order valence-corrected chi connectivity index (χ1v) is 6.28. The van der Waals surface area contributed by atoms with E-state index in [2.05, 4.69) is 0 Å². The molecule has 0 aromatic heterocycles. The van der Waals surface area contributed by atoms with Crippen LogP contribution >= 0.6 is 0 Å². The van der Waals surface area contributed by atoms with E-state index < -0.39 is 6.10 Å².